The largest absolute Gasteiger partial charge is 0.493 e. The van der Waals surface area contributed by atoms with Gasteiger partial charge in [0.05, 0.1) is 5.71 Å². The number of aromatic nitrogens is 2. The molecule has 3 aromatic rings. The quantitative estimate of drug-likeness (QED) is 0.337. The summed E-state index contributed by atoms with van der Waals surface area (Å²) in [7, 11) is 3.14. The lowest BCUT2D eigenvalue weighted by Crippen LogP contribution is -2.28. The van der Waals surface area contributed by atoms with E-state index in [2.05, 4.69) is 10.3 Å². The monoisotopic (exact) mass is 497 g/mol. The number of aromatic amines is 1. The van der Waals surface area contributed by atoms with Crippen molar-refractivity contribution in [3.63, 3.8) is 0 Å². The van der Waals surface area contributed by atoms with E-state index in [1.807, 2.05) is 24.4 Å². The number of rotatable bonds is 7. The van der Waals surface area contributed by atoms with E-state index in [0.29, 0.717) is 6.42 Å². The van der Waals surface area contributed by atoms with Gasteiger partial charge in [-0.25, -0.2) is 4.99 Å². The van der Waals surface area contributed by atoms with Gasteiger partial charge in [-0.3, -0.25) is 14.2 Å². The normalized spacial score (nSPS) is 14.8. The van der Waals surface area contributed by atoms with Crippen LogP contribution in [-0.4, -0.2) is 50.4 Å². The van der Waals surface area contributed by atoms with Crippen LogP contribution < -0.4 is 10.7 Å². The Morgan fingerprint density at radius 2 is 1.97 bits per heavy atom. The maximum Gasteiger partial charge on any atom is 0.258 e. The summed E-state index contributed by atoms with van der Waals surface area (Å²) in [5.41, 5.74) is 0.575. The summed E-state index contributed by atoms with van der Waals surface area (Å²) < 4.78 is 1.52. The molecule has 186 valence electrons. The van der Waals surface area contributed by atoms with Gasteiger partial charge in [0.25, 0.3) is 5.91 Å². The van der Waals surface area contributed by atoms with Gasteiger partial charge >= 0.3 is 0 Å². The maximum absolute atomic E-state index is 13.1. The van der Waals surface area contributed by atoms with Crippen LogP contribution >= 0.6 is 11.3 Å². The van der Waals surface area contributed by atoms with Crippen LogP contribution in [0.25, 0.3) is 0 Å². The molecule has 0 unspecified atom stereocenters. The molecule has 0 spiro atoms. The second-order valence-electron chi connectivity index (χ2n) is 8.86. The topological polar surface area (TPSA) is 123 Å². The first-order valence-electron chi connectivity index (χ1n) is 11.8. The first-order chi connectivity index (χ1) is 16.8. The van der Waals surface area contributed by atoms with E-state index in [9.17, 15) is 19.8 Å². The van der Waals surface area contributed by atoms with Crippen LogP contribution in [0.4, 0.5) is 17.1 Å². The van der Waals surface area contributed by atoms with E-state index in [4.69, 9.17) is 4.99 Å². The van der Waals surface area contributed by atoms with Crippen molar-refractivity contribution < 1.29 is 15.0 Å². The van der Waals surface area contributed by atoms with Gasteiger partial charge in [-0.2, -0.15) is 0 Å². The van der Waals surface area contributed by atoms with E-state index in [1.165, 1.54) is 21.9 Å². The molecule has 3 aromatic heterocycles. The zero-order chi connectivity index (χ0) is 25.1. The van der Waals surface area contributed by atoms with Crippen molar-refractivity contribution in [1.82, 2.24) is 14.5 Å². The fraction of sp³-hybridized carbons (Fsp3) is 0.400. The van der Waals surface area contributed by atoms with Gasteiger partial charge in [0, 0.05) is 37.4 Å². The molecular formula is C25H31N5O4S. The van der Waals surface area contributed by atoms with Crippen molar-refractivity contribution in [2.75, 3.05) is 19.4 Å². The summed E-state index contributed by atoms with van der Waals surface area (Å²) in [6, 6.07) is 3.82. The number of H-pyrrole nitrogens is 1. The highest BCUT2D eigenvalue weighted by atomic mass is 32.1. The Balaban J connectivity index is 1.85. The van der Waals surface area contributed by atoms with Gasteiger partial charge in [0.1, 0.15) is 16.9 Å². The number of thiophene rings is 1. The lowest BCUT2D eigenvalue weighted by atomic mass is 9.95. The number of hydrogen-bond acceptors (Lipinski definition) is 7. The number of anilines is 2. The molecular weight excluding hydrogens is 466 g/mol. The van der Waals surface area contributed by atoms with E-state index < -0.39 is 11.3 Å². The van der Waals surface area contributed by atoms with E-state index in [0.717, 1.165) is 42.7 Å². The molecule has 4 N–H and O–H groups in total. The molecule has 0 aliphatic heterocycles. The SMILES string of the molecule is CCC(=Nc1c(Nc2c[nH]cc(C(=O)N(C)C)c2=O)c(O)n(C2CCCCC2)c1O)c1cccs1. The Kier molecular flexibility index (Phi) is 7.30. The Bertz CT molecular complexity index is 1280. The minimum Gasteiger partial charge on any atom is -0.493 e. The molecule has 1 amide bonds. The van der Waals surface area contributed by atoms with Crippen LogP contribution in [0.2, 0.25) is 0 Å². The van der Waals surface area contributed by atoms with Crippen molar-refractivity contribution in [3.05, 3.63) is 50.6 Å². The first kappa shape index (κ1) is 24.6. The first-order valence-corrected chi connectivity index (χ1v) is 12.7. The molecule has 0 saturated heterocycles. The van der Waals surface area contributed by atoms with Crippen LogP contribution in [0, 0.1) is 0 Å². The Morgan fingerprint density at radius 1 is 1.23 bits per heavy atom. The standard InChI is InChI=1S/C25H31N5O4S/c1-4-17(19-11-8-12-35-19)27-20-21(25(34)30(24(20)33)15-9-6-5-7-10-15)28-18-14-26-13-16(22(18)31)23(32)29(2)3/h8,11-15,28,33-34H,4-7,9-10H2,1-3H3,(H,26,31). The zero-order valence-electron chi connectivity index (χ0n) is 20.2. The van der Waals surface area contributed by atoms with E-state index in [1.54, 1.807) is 25.4 Å². The summed E-state index contributed by atoms with van der Waals surface area (Å²) >= 11 is 1.54. The van der Waals surface area contributed by atoms with Crippen molar-refractivity contribution in [3.8, 4) is 11.8 Å². The number of aromatic hydroxyl groups is 2. The third-order valence-electron chi connectivity index (χ3n) is 6.30. The third-order valence-corrected chi connectivity index (χ3v) is 7.22. The average molecular weight is 498 g/mol. The molecule has 1 aliphatic rings. The number of amides is 1. The molecule has 0 radical (unpaired) electrons. The van der Waals surface area contributed by atoms with Gasteiger partial charge in [0.15, 0.2) is 5.69 Å². The van der Waals surface area contributed by atoms with Gasteiger partial charge in [0.2, 0.25) is 17.2 Å². The molecule has 0 atom stereocenters. The number of nitrogens with zero attached hydrogens (tertiary/aromatic N) is 3. The smallest absolute Gasteiger partial charge is 0.258 e. The predicted octanol–water partition coefficient (Wildman–Crippen LogP) is 5.13. The molecule has 35 heavy (non-hydrogen) atoms. The summed E-state index contributed by atoms with van der Waals surface area (Å²) in [5, 5.41) is 27.4. The van der Waals surface area contributed by atoms with E-state index >= 15 is 0 Å². The van der Waals surface area contributed by atoms with Crippen molar-refractivity contribution in [2.24, 2.45) is 4.99 Å². The highest BCUT2D eigenvalue weighted by Gasteiger charge is 2.29. The minimum atomic E-state index is -0.518. The van der Waals surface area contributed by atoms with Crippen LogP contribution in [0.1, 0.15) is 66.7 Å². The third kappa shape index (κ3) is 4.84. The second kappa shape index (κ2) is 10.4. The molecule has 0 aromatic carbocycles. The van der Waals surface area contributed by atoms with Crippen molar-refractivity contribution >= 4 is 40.0 Å². The van der Waals surface area contributed by atoms with E-state index in [-0.39, 0.29) is 40.4 Å². The van der Waals surface area contributed by atoms with Crippen LogP contribution in [0.15, 0.2) is 39.7 Å². The van der Waals surface area contributed by atoms with Gasteiger partial charge < -0.3 is 25.4 Å². The highest BCUT2D eigenvalue weighted by molar-refractivity contribution is 7.12. The number of carbonyl (C=O) groups is 1. The number of pyridine rings is 1. The molecule has 1 fully saturated rings. The molecule has 10 heteroatoms. The molecule has 0 bridgehead atoms. The Morgan fingerprint density at radius 3 is 2.60 bits per heavy atom. The molecule has 9 nitrogen and oxygen atoms in total. The number of carbonyl (C=O) groups excluding carboxylic acids is 1. The second-order valence-corrected chi connectivity index (χ2v) is 9.81. The van der Waals surface area contributed by atoms with Gasteiger partial charge in [-0.05, 0) is 30.7 Å². The average Bonchev–Trinajstić information content (AvgIpc) is 3.46. The van der Waals surface area contributed by atoms with Crippen molar-refractivity contribution in [2.45, 2.75) is 51.5 Å². The summed E-state index contributed by atoms with van der Waals surface area (Å²) in [4.78, 5) is 35.4. The summed E-state index contributed by atoms with van der Waals surface area (Å²) in [5.74, 6) is -0.763. The van der Waals surface area contributed by atoms with Crippen LogP contribution in [0.5, 0.6) is 11.8 Å². The van der Waals surface area contributed by atoms with Crippen LogP contribution in [-0.2, 0) is 0 Å². The number of aliphatic imine (C=N–C) groups is 1. The van der Waals surface area contributed by atoms with Gasteiger partial charge in [-0.1, -0.05) is 32.3 Å². The summed E-state index contributed by atoms with van der Waals surface area (Å²) in [6.07, 6.45) is 8.19. The molecule has 1 aliphatic carbocycles. The molecule has 3 heterocycles. The zero-order valence-corrected chi connectivity index (χ0v) is 21.0. The lowest BCUT2D eigenvalue weighted by molar-refractivity contribution is 0.0826. The predicted molar refractivity (Wildman–Crippen MR) is 139 cm³/mol. The number of nitrogens with one attached hydrogen (secondary N) is 2. The van der Waals surface area contributed by atoms with Gasteiger partial charge in [-0.15, -0.1) is 11.3 Å². The van der Waals surface area contributed by atoms with Crippen molar-refractivity contribution in [1.29, 1.82) is 0 Å². The maximum atomic E-state index is 13.1. The molecule has 1 saturated carbocycles. The fourth-order valence-electron chi connectivity index (χ4n) is 4.46. The Labute approximate surface area is 207 Å². The molecule has 4 rings (SSSR count). The van der Waals surface area contributed by atoms with Crippen LogP contribution in [0.3, 0.4) is 0 Å². The number of hydrogen-bond donors (Lipinski definition) is 4. The summed E-state index contributed by atoms with van der Waals surface area (Å²) in [6.45, 7) is 1.97. The highest BCUT2D eigenvalue weighted by Crippen LogP contribution is 2.50. The minimum absolute atomic E-state index is 0.0340. The lowest BCUT2D eigenvalue weighted by Gasteiger charge is -2.24. The fourth-order valence-corrected chi connectivity index (χ4v) is 5.24. The Hall–Kier alpha value is -3.53.